The van der Waals surface area contributed by atoms with Crippen molar-refractivity contribution in [3.63, 3.8) is 0 Å². The second-order valence-electron chi connectivity index (χ2n) is 6.41. The number of amides is 1. The molecule has 0 aliphatic heterocycles. The zero-order valence-corrected chi connectivity index (χ0v) is 15.4. The Morgan fingerprint density at radius 2 is 1.75 bits per heavy atom. The fraction of sp³-hybridized carbons (Fsp3) is 0.200. The van der Waals surface area contributed by atoms with E-state index in [2.05, 4.69) is 10.4 Å². The van der Waals surface area contributed by atoms with E-state index in [0.29, 0.717) is 12.2 Å². The second-order valence-corrected chi connectivity index (χ2v) is 6.41. The topological polar surface area (TPSA) is 50.2 Å². The van der Waals surface area contributed by atoms with Crippen LogP contribution in [0.2, 0.25) is 0 Å². The molecule has 5 nitrogen and oxygen atoms in total. The molecule has 28 heavy (non-hydrogen) atoms. The summed E-state index contributed by atoms with van der Waals surface area (Å²) in [4.78, 5) is 14.3. The Morgan fingerprint density at radius 3 is 2.36 bits per heavy atom. The van der Waals surface area contributed by atoms with Crippen LogP contribution in [0.5, 0.6) is 0 Å². The van der Waals surface area contributed by atoms with Crippen molar-refractivity contribution >= 4 is 17.3 Å². The molecule has 3 rings (SSSR count). The fourth-order valence-corrected chi connectivity index (χ4v) is 2.81. The molecule has 2 aromatic carbocycles. The third-order valence-electron chi connectivity index (χ3n) is 4.17. The minimum atomic E-state index is -4.70. The molecule has 0 bridgehead atoms. The first-order valence-electron chi connectivity index (χ1n) is 8.51. The Morgan fingerprint density at radius 1 is 1.11 bits per heavy atom. The average Bonchev–Trinajstić information content (AvgIpc) is 3.05. The summed E-state index contributed by atoms with van der Waals surface area (Å²) in [6.07, 6.45) is -3.64. The van der Waals surface area contributed by atoms with Crippen LogP contribution < -0.4 is 10.2 Å². The van der Waals surface area contributed by atoms with E-state index in [0.717, 1.165) is 22.1 Å². The lowest BCUT2D eigenvalue weighted by molar-refractivity contribution is -0.141. The number of aryl methyl sites for hydroxylation is 1. The normalized spacial score (nSPS) is 11.3. The molecule has 0 fully saturated rings. The average molecular weight is 388 g/mol. The van der Waals surface area contributed by atoms with Gasteiger partial charge in [-0.05, 0) is 29.8 Å². The molecule has 0 radical (unpaired) electrons. The molecular formula is C20H19F3N4O. The van der Waals surface area contributed by atoms with E-state index in [-0.39, 0.29) is 0 Å². The van der Waals surface area contributed by atoms with Crippen molar-refractivity contribution < 1.29 is 18.0 Å². The number of alkyl halides is 3. The standard InChI is InChI=1S/C20H19F3N4O/c1-26(12-14-6-4-3-5-7-14)16-10-8-15(9-11-16)24-19(28)17-13-27(2)25-18(17)20(21,22)23/h3-11,13H,12H2,1-2H3,(H,24,28). The van der Waals surface area contributed by atoms with E-state index >= 15 is 0 Å². The van der Waals surface area contributed by atoms with Crippen molar-refractivity contribution in [2.24, 2.45) is 7.05 Å². The van der Waals surface area contributed by atoms with E-state index in [1.807, 2.05) is 42.3 Å². The lowest BCUT2D eigenvalue weighted by Gasteiger charge is -2.19. The van der Waals surface area contributed by atoms with Gasteiger partial charge < -0.3 is 10.2 Å². The van der Waals surface area contributed by atoms with Gasteiger partial charge in [0.1, 0.15) is 0 Å². The van der Waals surface area contributed by atoms with Crippen LogP contribution in [0, 0.1) is 0 Å². The van der Waals surface area contributed by atoms with Gasteiger partial charge >= 0.3 is 6.18 Å². The summed E-state index contributed by atoms with van der Waals surface area (Å²) in [6, 6.07) is 16.8. The third-order valence-corrected chi connectivity index (χ3v) is 4.17. The quantitative estimate of drug-likeness (QED) is 0.708. The van der Waals surface area contributed by atoms with Gasteiger partial charge in [0.15, 0.2) is 5.69 Å². The minimum absolute atomic E-state index is 0.402. The van der Waals surface area contributed by atoms with E-state index in [9.17, 15) is 18.0 Å². The van der Waals surface area contributed by atoms with Crippen molar-refractivity contribution in [1.82, 2.24) is 9.78 Å². The summed E-state index contributed by atoms with van der Waals surface area (Å²) in [5, 5.41) is 5.84. The molecule has 0 aliphatic carbocycles. The van der Waals surface area contributed by atoms with Gasteiger partial charge in [0.2, 0.25) is 0 Å². The molecule has 146 valence electrons. The molecule has 0 aliphatic rings. The largest absolute Gasteiger partial charge is 0.435 e. The number of carbonyl (C=O) groups is 1. The molecule has 1 heterocycles. The zero-order chi connectivity index (χ0) is 20.3. The van der Waals surface area contributed by atoms with Crippen LogP contribution >= 0.6 is 0 Å². The molecule has 0 atom stereocenters. The van der Waals surface area contributed by atoms with Crippen molar-refractivity contribution in [2.45, 2.75) is 12.7 Å². The maximum atomic E-state index is 13.0. The molecule has 1 aromatic heterocycles. The highest BCUT2D eigenvalue weighted by molar-refractivity contribution is 6.05. The Balaban J connectivity index is 1.70. The van der Waals surface area contributed by atoms with Crippen molar-refractivity contribution in [3.05, 3.63) is 77.6 Å². The fourth-order valence-electron chi connectivity index (χ4n) is 2.81. The van der Waals surface area contributed by atoms with Gasteiger partial charge in [-0.3, -0.25) is 9.48 Å². The van der Waals surface area contributed by atoms with Gasteiger partial charge in [-0.25, -0.2) is 0 Å². The van der Waals surface area contributed by atoms with Gasteiger partial charge in [-0.2, -0.15) is 18.3 Å². The molecule has 3 aromatic rings. The summed E-state index contributed by atoms with van der Waals surface area (Å²) in [5.74, 6) is -0.856. The summed E-state index contributed by atoms with van der Waals surface area (Å²) >= 11 is 0. The van der Waals surface area contributed by atoms with Crippen molar-refractivity contribution in [1.29, 1.82) is 0 Å². The maximum absolute atomic E-state index is 13.0. The van der Waals surface area contributed by atoms with Crippen LogP contribution in [0.3, 0.4) is 0 Å². The van der Waals surface area contributed by atoms with Crippen molar-refractivity contribution in [2.75, 3.05) is 17.3 Å². The Kier molecular flexibility index (Phi) is 5.39. The molecule has 8 heteroatoms. The van der Waals surface area contributed by atoms with Crippen LogP contribution in [0.4, 0.5) is 24.5 Å². The van der Waals surface area contributed by atoms with Crippen molar-refractivity contribution in [3.8, 4) is 0 Å². The molecule has 1 amide bonds. The highest BCUT2D eigenvalue weighted by Gasteiger charge is 2.39. The molecule has 1 N–H and O–H groups in total. The van der Waals surface area contributed by atoms with Crippen LogP contribution in [0.25, 0.3) is 0 Å². The molecule has 0 saturated heterocycles. The van der Waals surface area contributed by atoms with E-state index in [4.69, 9.17) is 0 Å². The number of nitrogens with zero attached hydrogens (tertiary/aromatic N) is 3. The molecule has 0 saturated carbocycles. The van der Waals surface area contributed by atoms with Gasteiger partial charge in [0.05, 0.1) is 5.56 Å². The van der Waals surface area contributed by atoms with Gasteiger partial charge in [-0.15, -0.1) is 0 Å². The lowest BCUT2D eigenvalue weighted by Crippen LogP contribution is -2.18. The molecule has 0 unspecified atom stereocenters. The highest BCUT2D eigenvalue weighted by atomic mass is 19.4. The lowest BCUT2D eigenvalue weighted by atomic mass is 10.2. The predicted molar refractivity (Wildman–Crippen MR) is 101 cm³/mol. The van der Waals surface area contributed by atoms with Gasteiger partial charge in [0.25, 0.3) is 5.91 Å². The monoisotopic (exact) mass is 388 g/mol. The summed E-state index contributed by atoms with van der Waals surface area (Å²) < 4.78 is 40.0. The summed E-state index contributed by atoms with van der Waals surface area (Å²) in [7, 11) is 3.27. The first-order valence-corrected chi connectivity index (χ1v) is 8.51. The Hall–Kier alpha value is -3.29. The van der Waals surface area contributed by atoms with Gasteiger partial charge in [-0.1, -0.05) is 30.3 Å². The SMILES string of the molecule is CN(Cc1ccccc1)c1ccc(NC(=O)c2cn(C)nc2C(F)(F)F)cc1. The number of hydrogen-bond acceptors (Lipinski definition) is 3. The Labute approximate surface area is 160 Å². The maximum Gasteiger partial charge on any atom is 0.435 e. The number of benzene rings is 2. The number of anilines is 2. The van der Waals surface area contributed by atoms with E-state index in [1.54, 1.807) is 24.3 Å². The third kappa shape index (κ3) is 4.51. The predicted octanol–water partition coefficient (Wildman–Crippen LogP) is 4.33. The van der Waals surface area contributed by atoms with Crippen LogP contribution in [0.15, 0.2) is 60.8 Å². The number of rotatable bonds is 5. The number of nitrogens with one attached hydrogen (secondary N) is 1. The summed E-state index contributed by atoms with van der Waals surface area (Å²) in [5.41, 5.74) is 0.753. The molecule has 0 spiro atoms. The van der Waals surface area contributed by atoms with E-state index < -0.39 is 23.3 Å². The first kappa shape index (κ1) is 19.5. The second kappa shape index (κ2) is 7.75. The zero-order valence-electron chi connectivity index (χ0n) is 15.4. The molecular weight excluding hydrogens is 369 g/mol. The summed E-state index contributed by atoms with van der Waals surface area (Å²) in [6.45, 7) is 0.706. The highest BCUT2D eigenvalue weighted by Crippen LogP contribution is 2.31. The number of carbonyl (C=O) groups excluding carboxylic acids is 1. The van der Waals surface area contributed by atoms with Gasteiger partial charge in [0, 0.05) is 38.2 Å². The smallest absolute Gasteiger partial charge is 0.370 e. The number of halogens is 3. The Bertz CT molecular complexity index is 950. The van der Waals surface area contributed by atoms with Crippen LogP contribution in [-0.4, -0.2) is 22.7 Å². The van der Waals surface area contributed by atoms with E-state index in [1.165, 1.54) is 7.05 Å². The number of aromatic nitrogens is 2. The van der Waals surface area contributed by atoms with Crippen LogP contribution in [-0.2, 0) is 19.8 Å². The first-order chi connectivity index (χ1) is 13.2. The van der Waals surface area contributed by atoms with Crippen LogP contribution in [0.1, 0.15) is 21.6 Å². The number of hydrogen-bond donors (Lipinski definition) is 1. The minimum Gasteiger partial charge on any atom is -0.370 e.